The lowest BCUT2D eigenvalue weighted by molar-refractivity contribution is -0.122. The first kappa shape index (κ1) is 15.8. The molecular weight excluding hydrogens is 246 g/mol. The van der Waals surface area contributed by atoms with Crippen LogP contribution in [0.25, 0.3) is 0 Å². The number of thioether (sulfide) groups is 1. The van der Waals surface area contributed by atoms with E-state index >= 15 is 0 Å². The average Bonchev–Trinajstić information content (AvgIpc) is 2.40. The number of hydrogen-bond donors (Lipinski definition) is 2. The second kappa shape index (κ2) is 9.64. The number of rotatable bonds is 8. The van der Waals surface area contributed by atoms with Gasteiger partial charge in [-0.15, -0.1) is 0 Å². The van der Waals surface area contributed by atoms with Crippen molar-refractivity contribution in [2.24, 2.45) is 0 Å². The van der Waals surface area contributed by atoms with Gasteiger partial charge in [-0.3, -0.25) is 4.79 Å². The van der Waals surface area contributed by atoms with Crippen LogP contribution >= 0.6 is 11.8 Å². The van der Waals surface area contributed by atoms with Crippen LogP contribution in [0.1, 0.15) is 26.7 Å². The quantitative estimate of drug-likeness (QED) is 0.646. The van der Waals surface area contributed by atoms with Gasteiger partial charge in [0.25, 0.3) is 0 Å². The Kier molecular flexibility index (Phi) is 8.46. The van der Waals surface area contributed by atoms with Crippen LogP contribution in [-0.2, 0) is 4.79 Å². The van der Waals surface area contributed by atoms with Gasteiger partial charge in [-0.1, -0.05) is 13.3 Å². The number of amides is 1. The molecule has 1 unspecified atom stereocenters. The van der Waals surface area contributed by atoms with Crippen molar-refractivity contribution in [3.8, 4) is 0 Å². The fraction of sp³-hybridized carbons (Fsp3) is 0.923. The summed E-state index contributed by atoms with van der Waals surface area (Å²) in [6.07, 6.45) is 2.18. The Bertz CT molecular complexity index is 232. The van der Waals surface area contributed by atoms with Gasteiger partial charge in [0, 0.05) is 44.2 Å². The van der Waals surface area contributed by atoms with E-state index in [1.165, 1.54) is 24.6 Å². The predicted molar refractivity (Wildman–Crippen MR) is 79.1 cm³/mol. The highest BCUT2D eigenvalue weighted by Crippen LogP contribution is 2.07. The van der Waals surface area contributed by atoms with Crippen LogP contribution in [0.3, 0.4) is 0 Å². The minimum absolute atomic E-state index is 0.0824. The molecule has 18 heavy (non-hydrogen) atoms. The topological polar surface area (TPSA) is 44.4 Å². The zero-order chi connectivity index (χ0) is 13.2. The van der Waals surface area contributed by atoms with E-state index in [4.69, 9.17) is 0 Å². The summed E-state index contributed by atoms with van der Waals surface area (Å²) in [6, 6.07) is -0.0824. The highest BCUT2D eigenvalue weighted by Gasteiger charge is 2.13. The number of hydrogen-bond acceptors (Lipinski definition) is 4. The molecule has 1 rings (SSSR count). The largest absolute Gasteiger partial charge is 0.355 e. The molecule has 1 aliphatic heterocycles. The van der Waals surface area contributed by atoms with Gasteiger partial charge in [0.1, 0.15) is 0 Å². The molecule has 0 saturated carbocycles. The first-order valence-electron chi connectivity index (χ1n) is 7.05. The minimum Gasteiger partial charge on any atom is -0.355 e. The number of nitrogens with zero attached hydrogens (tertiary/aromatic N) is 1. The molecule has 1 amide bonds. The number of carbonyl (C=O) groups excluding carboxylic acids is 1. The SMILES string of the molecule is CCCCNC(=O)C(C)NCCN1CCSCC1. The Morgan fingerprint density at radius 1 is 1.33 bits per heavy atom. The molecule has 0 aromatic heterocycles. The van der Waals surface area contributed by atoms with Crippen molar-refractivity contribution in [1.29, 1.82) is 0 Å². The highest BCUT2D eigenvalue weighted by atomic mass is 32.2. The van der Waals surface area contributed by atoms with Gasteiger partial charge >= 0.3 is 0 Å². The Hall–Kier alpha value is -0.260. The standard InChI is InChI=1S/C13H27N3OS/c1-3-4-5-15-13(17)12(2)14-6-7-16-8-10-18-11-9-16/h12,14H,3-11H2,1-2H3,(H,15,17). The fourth-order valence-corrected chi connectivity index (χ4v) is 2.88. The Labute approximate surface area is 115 Å². The van der Waals surface area contributed by atoms with Crippen LogP contribution in [0.5, 0.6) is 0 Å². The molecule has 4 nitrogen and oxygen atoms in total. The zero-order valence-electron chi connectivity index (χ0n) is 11.7. The van der Waals surface area contributed by atoms with Crippen molar-refractivity contribution >= 4 is 17.7 Å². The van der Waals surface area contributed by atoms with Crippen molar-refractivity contribution in [3.05, 3.63) is 0 Å². The molecule has 0 aromatic carbocycles. The summed E-state index contributed by atoms with van der Waals surface area (Å²) < 4.78 is 0. The molecule has 0 aliphatic carbocycles. The summed E-state index contributed by atoms with van der Waals surface area (Å²) in [6.45, 7) is 9.18. The van der Waals surface area contributed by atoms with Gasteiger partial charge in [0.2, 0.25) is 5.91 Å². The lowest BCUT2D eigenvalue weighted by atomic mass is 10.3. The zero-order valence-corrected chi connectivity index (χ0v) is 12.5. The fourth-order valence-electron chi connectivity index (χ4n) is 1.90. The van der Waals surface area contributed by atoms with Gasteiger partial charge in [0.15, 0.2) is 0 Å². The van der Waals surface area contributed by atoms with Crippen molar-refractivity contribution in [2.75, 3.05) is 44.2 Å². The molecule has 0 spiro atoms. The molecule has 0 bridgehead atoms. The Balaban J connectivity index is 2.04. The summed E-state index contributed by atoms with van der Waals surface area (Å²) in [5.74, 6) is 2.61. The number of carbonyl (C=O) groups is 1. The van der Waals surface area contributed by atoms with E-state index in [1.807, 2.05) is 18.7 Å². The molecule has 5 heteroatoms. The van der Waals surface area contributed by atoms with Crippen LogP contribution < -0.4 is 10.6 Å². The lowest BCUT2D eigenvalue weighted by Gasteiger charge is -2.26. The van der Waals surface area contributed by atoms with Gasteiger partial charge in [-0.2, -0.15) is 11.8 Å². The molecule has 1 fully saturated rings. The van der Waals surface area contributed by atoms with E-state index in [9.17, 15) is 4.79 Å². The monoisotopic (exact) mass is 273 g/mol. The van der Waals surface area contributed by atoms with E-state index in [0.717, 1.165) is 32.5 Å². The first-order chi connectivity index (χ1) is 8.74. The third-order valence-electron chi connectivity index (χ3n) is 3.21. The molecule has 1 saturated heterocycles. The first-order valence-corrected chi connectivity index (χ1v) is 8.20. The van der Waals surface area contributed by atoms with Crippen LogP contribution in [0.15, 0.2) is 0 Å². The van der Waals surface area contributed by atoms with Crippen molar-refractivity contribution in [2.45, 2.75) is 32.7 Å². The van der Waals surface area contributed by atoms with E-state index in [0.29, 0.717) is 0 Å². The van der Waals surface area contributed by atoms with Crippen molar-refractivity contribution in [3.63, 3.8) is 0 Å². The number of nitrogens with one attached hydrogen (secondary N) is 2. The van der Waals surface area contributed by atoms with Crippen molar-refractivity contribution < 1.29 is 4.79 Å². The minimum atomic E-state index is -0.0824. The molecule has 1 heterocycles. The second-order valence-corrected chi connectivity index (χ2v) is 6.00. The normalized spacial score (nSPS) is 18.6. The lowest BCUT2D eigenvalue weighted by Crippen LogP contribution is -2.46. The molecule has 0 radical (unpaired) electrons. The second-order valence-electron chi connectivity index (χ2n) is 4.77. The highest BCUT2D eigenvalue weighted by molar-refractivity contribution is 7.99. The third kappa shape index (κ3) is 6.61. The van der Waals surface area contributed by atoms with Crippen LogP contribution in [-0.4, -0.2) is 61.1 Å². The van der Waals surface area contributed by atoms with E-state index in [1.54, 1.807) is 0 Å². The summed E-state index contributed by atoms with van der Waals surface area (Å²) in [5.41, 5.74) is 0. The summed E-state index contributed by atoms with van der Waals surface area (Å²) in [4.78, 5) is 14.2. The van der Waals surface area contributed by atoms with Crippen molar-refractivity contribution in [1.82, 2.24) is 15.5 Å². The smallest absolute Gasteiger partial charge is 0.236 e. The molecular formula is C13H27N3OS. The summed E-state index contributed by atoms with van der Waals surface area (Å²) in [7, 11) is 0. The summed E-state index contributed by atoms with van der Waals surface area (Å²) >= 11 is 2.03. The van der Waals surface area contributed by atoms with Crippen LogP contribution in [0.4, 0.5) is 0 Å². The number of unbranched alkanes of at least 4 members (excludes halogenated alkanes) is 1. The molecule has 2 N–H and O–H groups in total. The van der Waals surface area contributed by atoms with Crippen LogP contribution in [0, 0.1) is 0 Å². The maximum Gasteiger partial charge on any atom is 0.236 e. The van der Waals surface area contributed by atoms with Gasteiger partial charge in [-0.05, 0) is 13.3 Å². The Morgan fingerprint density at radius 2 is 2.06 bits per heavy atom. The molecule has 1 aliphatic rings. The van der Waals surface area contributed by atoms with Gasteiger partial charge in [-0.25, -0.2) is 0 Å². The van der Waals surface area contributed by atoms with E-state index in [-0.39, 0.29) is 11.9 Å². The molecule has 0 aromatic rings. The maximum atomic E-state index is 11.7. The van der Waals surface area contributed by atoms with Gasteiger partial charge in [0.05, 0.1) is 6.04 Å². The third-order valence-corrected chi connectivity index (χ3v) is 4.15. The average molecular weight is 273 g/mol. The van der Waals surface area contributed by atoms with Gasteiger partial charge < -0.3 is 15.5 Å². The molecule has 1 atom stereocenters. The van der Waals surface area contributed by atoms with E-state index < -0.39 is 0 Å². The summed E-state index contributed by atoms with van der Waals surface area (Å²) in [5, 5.41) is 6.25. The predicted octanol–water partition coefficient (Wildman–Crippen LogP) is 0.930. The molecule has 106 valence electrons. The van der Waals surface area contributed by atoms with Crippen LogP contribution in [0.2, 0.25) is 0 Å². The van der Waals surface area contributed by atoms with E-state index in [2.05, 4.69) is 22.5 Å². The Morgan fingerprint density at radius 3 is 2.72 bits per heavy atom. The maximum absolute atomic E-state index is 11.7.